The number of oxazole rings is 1. The lowest BCUT2D eigenvalue weighted by molar-refractivity contribution is -0.139. The summed E-state index contributed by atoms with van der Waals surface area (Å²) in [5.74, 6) is -2.27. The van der Waals surface area contributed by atoms with E-state index < -0.39 is 24.0 Å². The second-order valence-electron chi connectivity index (χ2n) is 7.62. The second kappa shape index (κ2) is 12.2. The molecule has 0 unspecified atom stereocenters. The molecular weight excluding hydrogens is 428 g/mol. The number of guanidine groups is 1. The minimum atomic E-state index is -1.19. The standard InChI is InChI=1S/C22H30N6O5/c1-3-13(2)17(28-18(29)14-8-5-4-6-9-14)20-27-16(12-33-20)19(30)26-15(21(31)32)10-7-11-25-22(23)24/h4-6,8-9,12-13,15,17H,3,7,10-11H2,1-2H3,(H,26,30)(H,28,29)(H,31,32)(H4,23,24,25)/t13-,15-,17-/m0/s1. The molecule has 0 aliphatic rings. The predicted octanol–water partition coefficient (Wildman–Crippen LogP) is 1.64. The molecule has 11 heteroatoms. The van der Waals surface area contributed by atoms with Crippen LogP contribution in [-0.4, -0.2) is 46.4 Å². The van der Waals surface area contributed by atoms with Gasteiger partial charge in [-0.15, -0.1) is 0 Å². The van der Waals surface area contributed by atoms with Crippen LogP contribution in [-0.2, 0) is 4.79 Å². The first-order valence-corrected chi connectivity index (χ1v) is 10.7. The van der Waals surface area contributed by atoms with E-state index in [0.29, 0.717) is 18.5 Å². The van der Waals surface area contributed by atoms with Crippen LogP contribution in [0.1, 0.15) is 65.9 Å². The summed E-state index contributed by atoms with van der Waals surface area (Å²) in [7, 11) is 0. The number of nitrogens with two attached hydrogens (primary N) is 1. The molecule has 0 saturated heterocycles. The lowest BCUT2D eigenvalue weighted by atomic mass is 9.98. The summed E-state index contributed by atoms with van der Waals surface area (Å²) in [6, 6.07) is 6.99. The third kappa shape index (κ3) is 7.63. The van der Waals surface area contributed by atoms with Crippen LogP contribution in [0, 0.1) is 11.3 Å². The van der Waals surface area contributed by atoms with Crippen LogP contribution >= 0.6 is 0 Å². The molecule has 2 aromatic rings. The highest BCUT2D eigenvalue weighted by molar-refractivity contribution is 5.95. The predicted molar refractivity (Wildman–Crippen MR) is 121 cm³/mol. The topological polar surface area (TPSA) is 183 Å². The van der Waals surface area contributed by atoms with Crippen molar-refractivity contribution >= 4 is 23.7 Å². The van der Waals surface area contributed by atoms with Crippen molar-refractivity contribution < 1.29 is 23.9 Å². The number of carboxylic acid groups (broad SMARTS) is 1. The Labute approximate surface area is 191 Å². The van der Waals surface area contributed by atoms with Gasteiger partial charge in [0.15, 0.2) is 11.7 Å². The van der Waals surface area contributed by atoms with Gasteiger partial charge in [-0.3, -0.25) is 15.0 Å². The molecule has 0 spiro atoms. The first-order chi connectivity index (χ1) is 15.7. The van der Waals surface area contributed by atoms with Crippen molar-refractivity contribution in [1.29, 1.82) is 5.41 Å². The maximum absolute atomic E-state index is 12.6. The lowest BCUT2D eigenvalue weighted by Gasteiger charge is -2.21. The molecule has 1 aromatic carbocycles. The number of aliphatic carboxylic acids is 1. The quantitative estimate of drug-likeness (QED) is 0.157. The molecule has 2 amide bonds. The molecule has 1 heterocycles. The number of carboxylic acids is 1. The van der Waals surface area contributed by atoms with Crippen molar-refractivity contribution in [3.63, 3.8) is 0 Å². The van der Waals surface area contributed by atoms with E-state index in [1.165, 1.54) is 0 Å². The number of hydrogen-bond donors (Lipinski definition) is 6. The van der Waals surface area contributed by atoms with Gasteiger partial charge >= 0.3 is 5.97 Å². The lowest BCUT2D eigenvalue weighted by Crippen LogP contribution is -2.41. The Morgan fingerprint density at radius 2 is 1.88 bits per heavy atom. The number of carbonyl (C=O) groups is 3. The third-order valence-electron chi connectivity index (χ3n) is 5.14. The van der Waals surface area contributed by atoms with E-state index in [0.717, 1.165) is 12.7 Å². The van der Waals surface area contributed by atoms with Gasteiger partial charge in [0.1, 0.15) is 18.3 Å². The number of benzene rings is 1. The summed E-state index contributed by atoms with van der Waals surface area (Å²) < 4.78 is 5.49. The number of aromatic nitrogens is 1. The zero-order valence-electron chi connectivity index (χ0n) is 18.6. The Balaban J connectivity index is 2.08. The molecular formula is C22H30N6O5. The number of rotatable bonds is 12. The zero-order chi connectivity index (χ0) is 24.4. The second-order valence-corrected chi connectivity index (χ2v) is 7.62. The van der Waals surface area contributed by atoms with Crippen molar-refractivity contribution in [3.8, 4) is 0 Å². The van der Waals surface area contributed by atoms with E-state index in [-0.39, 0.29) is 35.8 Å². The molecule has 0 saturated carbocycles. The molecule has 0 aliphatic carbocycles. The van der Waals surface area contributed by atoms with Gasteiger partial charge in [0.25, 0.3) is 11.8 Å². The van der Waals surface area contributed by atoms with Crippen LogP contribution in [0.2, 0.25) is 0 Å². The van der Waals surface area contributed by atoms with Gasteiger partial charge in [0, 0.05) is 12.1 Å². The fourth-order valence-electron chi connectivity index (χ4n) is 3.05. The molecule has 0 bridgehead atoms. The average Bonchev–Trinajstić information content (AvgIpc) is 3.29. The van der Waals surface area contributed by atoms with E-state index in [1.807, 2.05) is 19.9 Å². The normalized spacial score (nSPS) is 13.4. The highest BCUT2D eigenvalue weighted by Crippen LogP contribution is 2.24. The molecule has 33 heavy (non-hydrogen) atoms. The number of carbonyl (C=O) groups excluding carboxylic acids is 2. The van der Waals surface area contributed by atoms with Gasteiger partial charge < -0.3 is 31.2 Å². The number of nitrogens with zero attached hydrogens (tertiary/aromatic N) is 1. The molecule has 1 aromatic heterocycles. The van der Waals surface area contributed by atoms with Crippen LogP contribution in [0.4, 0.5) is 0 Å². The Kier molecular flexibility index (Phi) is 9.40. The molecule has 0 fully saturated rings. The van der Waals surface area contributed by atoms with Crippen LogP contribution in [0.25, 0.3) is 0 Å². The highest BCUT2D eigenvalue weighted by atomic mass is 16.4. The van der Waals surface area contributed by atoms with E-state index in [1.54, 1.807) is 24.3 Å². The SMILES string of the molecule is CC[C@H](C)[C@H](NC(=O)c1ccccc1)c1nc(C(=O)N[C@@H](CCCNC(=N)N)C(=O)O)co1. The van der Waals surface area contributed by atoms with E-state index in [2.05, 4.69) is 20.9 Å². The maximum atomic E-state index is 12.6. The summed E-state index contributed by atoms with van der Waals surface area (Å²) in [4.78, 5) is 40.9. The van der Waals surface area contributed by atoms with Gasteiger partial charge in [0.2, 0.25) is 5.89 Å². The van der Waals surface area contributed by atoms with Gasteiger partial charge in [-0.1, -0.05) is 38.5 Å². The van der Waals surface area contributed by atoms with Crippen molar-refractivity contribution in [1.82, 2.24) is 20.9 Å². The molecule has 0 aliphatic heterocycles. The summed E-state index contributed by atoms with van der Waals surface area (Å²) in [6.45, 7) is 4.19. The van der Waals surface area contributed by atoms with Crippen LogP contribution in [0.5, 0.6) is 0 Å². The summed E-state index contributed by atoms with van der Waals surface area (Å²) in [5, 5.41) is 24.4. The molecule has 11 nitrogen and oxygen atoms in total. The Bertz CT molecular complexity index is 961. The Morgan fingerprint density at radius 3 is 2.48 bits per heavy atom. The van der Waals surface area contributed by atoms with Crippen molar-refractivity contribution in [2.24, 2.45) is 11.7 Å². The summed E-state index contributed by atoms with van der Waals surface area (Å²) in [5.41, 5.74) is 5.59. The minimum absolute atomic E-state index is 0.0345. The minimum Gasteiger partial charge on any atom is -0.480 e. The molecule has 2 rings (SSSR count). The zero-order valence-corrected chi connectivity index (χ0v) is 18.6. The maximum Gasteiger partial charge on any atom is 0.326 e. The molecule has 3 atom stereocenters. The fourth-order valence-corrected chi connectivity index (χ4v) is 3.05. The van der Waals surface area contributed by atoms with Crippen molar-refractivity contribution in [3.05, 3.63) is 53.7 Å². The fraction of sp³-hybridized carbons (Fsp3) is 0.409. The van der Waals surface area contributed by atoms with Gasteiger partial charge in [-0.25, -0.2) is 9.78 Å². The van der Waals surface area contributed by atoms with E-state index in [9.17, 15) is 19.5 Å². The van der Waals surface area contributed by atoms with Crippen LogP contribution in [0.15, 0.2) is 41.0 Å². The largest absolute Gasteiger partial charge is 0.480 e. The van der Waals surface area contributed by atoms with Gasteiger partial charge in [-0.2, -0.15) is 0 Å². The average molecular weight is 459 g/mol. The van der Waals surface area contributed by atoms with E-state index >= 15 is 0 Å². The molecule has 178 valence electrons. The van der Waals surface area contributed by atoms with Gasteiger partial charge in [0.05, 0.1) is 0 Å². The number of hydrogen-bond acceptors (Lipinski definition) is 6. The van der Waals surface area contributed by atoms with Crippen molar-refractivity contribution in [2.45, 2.75) is 45.2 Å². The van der Waals surface area contributed by atoms with Crippen molar-refractivity contribution in [2.75, 3.05) is 6.54 Å². The number of nitrogens with one attached hydrogen (secondary N) is 4. The summed E-state index contributed by atoms with van der Waals surface area (Å²) >= 11 is 0. The third-order valence-corrected chi connectivity index (χ3v) is 5.14. The smallest absolute Gasteiger partial charge is 0.326 e. The van der Waals surface area contributed by atoms with Crippen LogP contribution in [0.3, 0.4) is 0 Å². The Morgan fingerprint density at radius 1 is 1.18 bits per heavy atom. The van der Waals surface area contributed by atoms with E-state index in [4.69, 9.17) is 15.6 Å². The number of amides is 2. The first kappa shape index (κ1) is 25.4. The van der Waals surface area contributed by atoms with Crippen LogP contribution < -0.4 is 21.7 Å². The van der Waals surface area contributed by atoms with Gasteiger partial charge in [-0.05, 0) is 30.9 Å². The highest BCUT2D eigenvalue weighted by Gasteiger charge is 2.28. The first-order valence-electron chi connectivity index (χ1n) is 10.7. The molecule has 0 radical (unpaired) electrons. The monoisotopic (exact) mass is 458 g/mol. The molecule has 7 N–H and O–H groups in total. The summed E-state index contributed by atoms with van der Waals surface area (Å²) in [6.07, 6.45) is 2.38. The Hall–Kier alpha value is -3.89.